The first-order valence-electron chi connectivity index (χ1n) is 8.96. The van der Waals surface area contributed by atoms with Crippen LogP contribution in [0.15, 0.2) is 59.8 Å². The van der Waals surface area contributed by atoms with E-state index in [1.807, 2.05) is 12.3 Å². The van der Waals surface area contributed by atoms with E-state index in [1.165, 1.54) is 46.5 Å². The Labute approximate surface area is 157 Å². The average Bonchev–Trinajstić information content (AvgIpc) is 3.48. The molecule has 0 bridgehead atoms. The van der Waals surface area contributed by atoms with Gasteiger partial charge in [0, 0.05) is 23.7 Å². The van der Waals surface area contributed by atoms with Gasteiger partial charge in [0.15, 0.2) is 0 Å². The van der Waals surface area contributed by atoms with Gasteiger partial charge in [0.05, 0.1) is 0 Å². The molecule has 1 N–H and O–H groups in total. The first kappa shape index (κ1) is 17.1. The number of fused-ring (bicyclic) bond motifs is 1. The van der Waals surface area contributed by atoms with Crippen molar-refractivity contribution in [3.8, 4) is 0 Å². The van der Waals surface area contributed by atoms with Crippen molar-refractivity contribution in [2.75, 3.05) is 0 Å². The quantitative estimate of drug-likeness (QED) is 0.606. The summed E-state index contributed by atoms with van der Waals surface area (Å²) in [5.74, 6) is -0.0770. The maximum absolute atomic E-state index is 11.2. The zero-order valence-corrected chi connectivity index (χ0v) is 15.5. The molecule has 1 fully saturated rings. The van der Waals surface area contributed by atoms with Crippen LogP contribution in [-0.2, 0) is 11.2 Å². The topological polar surface area (TPSA) is 50.2 Å². The fraction of sp³-hybridized carbons (Fsp3) is 0.273. The molecule has 0 amide bonds. The van der Waals surface area contributed by atoms with E-state index in [-0.39, 0.29) is 0 Å². The van der Waals surface area contributed by atoms with Crippen LogP contribution in [0.5, 0.6) is 0 Å². The molecule has 1 saturated carbocycles. The van der Waals surface area contributed by atoms with Crippen LogP contribution in [0.1, 0.15) is 42.4 Å². The molecule has 132 valence electrons. The van der Waals surface area contributed by atoms with Crippen LogP contribution < -0.4 is 0 Å². The molecule has 1 heterocycles. The molecule has 0 aliphatic heterocycles. The first-order chi connectivity index (χ1) is 12.6. The number of hydrogen-bond acceptors (Lipinski definition) is 3. The number of carboxylic acid groups (broad SMARTS) is 1. The number of aliphatic carboxylic acids is 1. The summed E-state index contributed by atoms with van der Waals surface area (Å²) in [4.78, 5) is 16.5. The number of carboxylic acids is 1. The number of nitrogens with zero attached hydrogens (tertiary/aromatic N) is 1. The second-order valence-electron chi connectivity index (χ2n) is 6.89. The highest BCUT2D eigenvalue weighted by Crippen LogP contribution is 2.44. The van der Waals surface area contributed by atoms with Crippen LogP contribution in [0.3, 0.4) is 0 Å². The van der Waals surface area contributed by atoms with Crippen LogP contribution in [0, 0.1) is 0 Å². The van der Waals surface area contributed by atoms with E-state index in [9.17, 15) is 9.90 Å². The Morgan fingerprint density at radius 1 is 1.15 bits per heavy atom. The molecule has 1 aromatic heterocycles. The molecular weight excluding hydrogens is 342 g/mol. The van der Waals surface area contributed by atoms with Gasteiger partial charge in [-0.05, 0) is 59.2 Å². The minimum atomic E-state index is -0.794. The number of thioether (sulfide) groups is 1. The summed E-state index contributed by atoms with van der Waals surface area (Å²) in [6.45, 7) is 1.72. The van der Waals surface area contributed by atoms with E-state index in [1.54, 1.807) is 13.1 Å². The first-order valence-corrected chi connectivity index (χ1v) is 9.84. The molecule has 2 aromatic carbocycles. The highest BCUT2D eigenvalue weighted by molar-refractivity contribution is 8.00. The Kier molecular flexibility index (Phi) is 4.68. The van der Waals surface area contributed by atoms with Gasteiger partial charge in [0.1, 0.15) is 5.25 Å². The van der Waals surface area contributed by atoms with Crippen molar-refractivity contribution in [2.24, 2.45) is 0 Å². The van der Waals surface area contributed by atoms with Crippen molar-refractivity contribution in [2.45, 2.75) is 42.2 Å². The molecule has 1 aliphatic carbocycles. The Balaban J connectivity index is 1.70. The van der Waals surface area contributed by atoms with Gasteiger partial charge in [0.2, 0.25) is 0 Å². The van der Waals surface area contributed by atoms with E-state index in [4.69, 9.17) is 0 Å². The van der Waals surface area contributed by atoms with E-state index in [0.29, 0.717) is 0 Å². The van der Waals surface area contributed by atoms with Crippen molar-refractivity contribution < 1.29 is 9.90 Å². The number of hydrogen-bond donors (Lipinski definition) is 1. The van der Waals surface area contributed by atoms with Gasteiger partial charge in [-0.1, -0.05) is 36.4 Å². The van der Waals surface area contributed by atoms with Gasteiger partial charge < -0.3 is 5.11 Å². The minimum absolute atomic E-state index is 0.481. The third-order valence-corrected chi connectivity index (χ3v) is 6.16. The van der Waals surface area contributed by atoms with Crippen LogP contribution in [0.2, 0.25) is 0 Å². The number of carbonyl (C=O) groups is 1. The third-order valence-electron chi connectivity index (χ3n) is 4.96. The van der Waals surface area contributed by atoms with Gasteiger partial charge >= 0.3 is 5.97 Å². The number of pyridine rings is 1. The second-order valence-corrected chi connectivity index (χ2v) is 8.27. The number of benzene rings is 2. The predicted octanol–water partition coefficient (Wildman–Crippen LogP) is 5.27. The largest absolute Gasteiger partial charge is 0.480 e. The third kappa shape index (κ3) is 3.47. The van der Waals surface area contributed by atoms with Crippen molar-refractivity contribution in [3.05, 3.63) is 71.5 Å². The van der Waals surface area contributed by atoms with Gasteiger partial charge in [-0.3, -0.25) is 9.78 Å². The highest BCUT2D eigenvalue weighted by atomic mass is 32.2. The Bertz CT molecular complexity index is 965. The normalized spacial score (nSPS) is 15.1. The van der Waals surface area contributed by atoms with Crippen molar-refractivity contribution >= 4 is 28.5 Å². The lowest BCUT2D eigenvalue weighted by molar-refractivity contribution is -0.136. The molecule has 0 radical (unpaired) electrons. The second kappa shape index (κ2) is 7.12. The molecule has 0 spiro atoms. The van der Waals surface area contributed by atoms with Crippen molar-refractivity contribution in [3.63, 3.8) is 0 Å². The number of aromatic nitrogens is 1. The van der Waals surface area contributed by atoms with E-state index >= 15 is 0 Å². The predicted molar refractivity (Wildman–Crippen MR) is 106 cm³/mol. The summed E-state index contributed by atoms with van der Waals surface area (Å²) in [7, 11) is 0. The van der Waals surface area contributed by atoms with E-state index in [0.717, 1.165) is 22.8 Å². The molecule has 1 atom stereocenters. The van der Waals surface area contributed by atoms with E-state index < -0.39 is 11.2 Å². The molecule has 4 rings (SSSR count). The summed E-state index contributed by atoms with van der Waals surface area (Å²) < 4.78 is 0. The summed E-state index contributed by atoms with van der Waals surface area (Å²) in [6, 6.07) is 15.0. The molecule has 26 heavy (non-hydrogen) atoms. The van der Waals surface area contributed by atoms with Crippen LogP contribution in [-0.4, -0.2) is 21.3 Å². The fourth-order valence-corrected chi connectivity index (χ4v) is 4.29. The molecule has 0 saturated heterocycles. The molecule has 1 aliphatic rings. The maximum Gasteiger partial charge on any atom is 0.316 e. The van der Waals surface area contributed by atoms with Crippen LogP contribution in [0.25, 0.3) is 10.8 Å². The average molecular weight is 363 g/mol. The maximum atomic E-state index is 11.2. The van der Waals surface area contributed by atoms with Crippen LogP contribution >= 0.6 is 11.8 Å². The molecule has 3 aromatic rings. The van der Waals surface area contributed by atoms with Crippen LogP contribution in [0.4, 0.5) is 0 Å². The van der Waals surface area contributed by atoms with Gasteiger partial charge in [-0.15, -0.1) is 11.8 Å². The summed E-state index contributed by atoms with van der Waals surface area (Å²) in [6.07, 6.45) is 6.93. The molecule has 4 heteroatoms. The highest BCUT2D eigenvalue weighted by Gasteiger charge is 2.25. The van der Waals surface area contributed by atoms with Gasteiger partial charge in [0.25, 0.3) is 0 Å². The standard InChI is InChI=1S/C22H21NO2S/c1-14(22(24)25)26-21-10-11-23-13-17(21)12-16-8-9-19(15-6-7-15)20-5-3-2-4-18(16)20/h2-5,8-11,13-15H,6-7,12H2,1H3,(H,24,25). The van der Waals surface area contributed by atoms with E-state index in [2.05, 4.69) is 41.4 Å². The molecule has 3 nitrogen and oxygen atoms in total. The monoisotopic (exact) mass is 363 g/mol. The van der Waals surface area contributed by atoms with Gasteiger partial charge in [-0.25, -0.2) is 0 Å². The summed E-state index contributed by atoms with van der Waals surface area (Å²) in [5, 5.41) is 11.4. The zero-order chi connectivity index (χ0) is 18.1. The Morgan fingerprint density at radius 2 is 1.92 bits per heavy atom. The lowest BCUT2D eigenvalue weighted by Gasteiger charge is -2.14. The fourth-order valence-electron chi connectivity index (χ4n) is 3.40. The minimum Gasteiger partial charge on any atom is -0.480 e. The van der Waals surface area contributed by atoms with Gasteiger partial charge in [-0.2, -0.15) is 0 Å². The molecule has 1 unspecified atom stereocenters. The lowest BCUT2D eigenvalue weighted by atomic mass is 9.94. The van der Waals surface area contributed by atoms with Crippen molar-refractivity contribution in [1.82, 2.24) is 4.98 Å². The SMILES string of the molecule is CC(Sc1ccncc1Cc1ccc(C2CC2)c2ccccc12)C(=O)O. The Morgan fingerprint density at radius 3 is 2.65 bits per heavy atom. The van der Waals surface area contributed by atoms with Crippen molar-refractivity contribution in [1.29, 1.82) is 0 Å². The molecular formula is C22H21NO2S. The number of rotatable bonds is 6. The smallest absolute Gasteiger partial charge is 0.316 e. The lowest BCUT2D eigenvalue weighted by Crippen LogP contribution is -2.11. The summed E-state index contributed by atoms with van der Waals surface area (Å²) in [5.41, 5.74) is 3.81. The zero-order valence-electron chi connectivity index (χ0n) is 14.7. The Hall–Kier alpha value is -2.33. The summed E-state index contributed by atoms with van der Waals surface area (Å²) >= 11 is 1.38.